The molecule has 1 saturated carbocycles. The Morgan fingerprint density at radius 2 is 1.68 bits per heavy atom. The Bertz CT molecular complexity index is 1620. The number of rotatable bonds is 3. The molecule has 0 spiro atoms. The zero-order valence-corrected chi connectivity index (χ0v) is 21.2. The Morgan fingerprint density at radius 3 is 2.43 bits per heavy atom. The van der Waals surface area contributed by atoms with E-state index in [-0.39, 0.29) is 17.5 Å². The van der Waals surface area contributed by atoms with Gasteiger partial charge in [0.15, 0.2) is 0 Å². The molecule has 1 aromatic heterocycles. The molecule has 1 aliphatic carbocycles. The number of carbonyl (C=O) groups is 1. The summed E-state index contributed by atoms with van der Waals surface area (Å²) in [5.41, 5.74) is 3.62. The van der Waals surface area contributed by atoms with Crippen molar-refractivity contribution in [3.8, 4) is 0 Å². The van der Waals surface area contributed by atoms with Crippen molar-refractivity contribution in [2.75, 3.05) is 0 Å². The third-order valence-electron chi connectivity index (χ3n) is 7.00. The highest BCUT2D eigenvalue weighted by molar-refractivity contribution is 6.30. The summed E-state index contributed by atoms with van der Waals surface area (Å²) in [5, 5.41) is 8.31. The molecule has 2 heterocycles. The van der Waals surface area contributed by atoms with Gasteiger partial charge >= 0.3 is 5.63 Å². The van der Waals surface area contributed by atoms with Crippen LogP contribution in [-0.4, -0.2) is 16.6 Å². The second-order valence-electron chi connectivity index (χ2n) is 9.34. The summed E-state index contributed by atoms with van der Waals surface area (Å²) in [5.74, 6) is -0.489. The van der Waals surface area contributed by atoms with Crippen LogP contribution in [0.4, 0.5) is 0 Å². The second-order valence-corrected chi connectivity index (χ2v) is 10.2. The van der Waals surface area contributed by atoms with Crippen molar-refractivity contribution < 1.29 is 9.21 Å². The first-order valence-electron chi connectivity index (χ1n) is 12.1. The number of fused-ring (bicyclic) bond motifs is 2. The molecule has 1 fully saturated rings. The number of nitrogens with zero attached hydrogens (tertiary/aromatic N) is 2. The Hall–Kier alpha value is -3.67. The van der Waals surface area contributed by atoms with E-state index >= 15 is 0 Å². The molecular formula is C30H22Cl2N2O3. The van der Waals surface area contributed by atoms with Crippen LogP contribution in [0.15, 0.2) is 98.7 Å². The minimum absolute atomic E-state index is 0.00933. The van der Waals surface area contributed by atoms with E-state index in [0.29, 0.717) is 21.0 Å². The standard InChI is InChI=1S/C30H22Cl2N2O3/c31-22-12-8-18(9-13-22)16-21-5-3-6-24-27(21)33-34(28(24)19-10-14-23(32)15-11-19)29(35)25-17-20-4-1-2-7-26(20)37-30(25)36/h1-2,4,7-17,24,28H,3,5-6H2/b21-16+. The van der Waals surface area contributed by atoms with Gasteiger partial charge in [-0.15, -0.1) is 0 Å². The minimum Gasteiger partial charge on any atom is -0.422 e. The fourth-order valence-corrected chi connectivity index (χ4v) is 5.51. The lowest BCUT2D eigenvalue weighted by Crippen LogP contribution is -2.34. The van der Waals surface area contributed by atoms with Crippen molar-refractivity contribution in [2.24, 2.45) is 11.0 Å². The molecule has 0 bridgehead atoms. The minimum atomic E-state index is -0.675. The van der Waals surface area contributed by atoms with Crippen LogP contribution >= 0.6 is 23.2 Å². The topological polar surface area (TPSA) is 62.9 Å². The first-order valence-corrected chi connectivity index (χ1v) is 12.9. The third kappa shape index (κ3) is 4.50. The maximum absolute atomic E-state index is 13.9. The van der Waals surface area contributed by atoms with Gasteiger partial charge in [-0.2, -0.15) is 5.10 Å². The van der Waals surface area contributed by atoms with Gasteiger partial charge < -0.3 is 4.42 Å². The second kappa shape index (κ2) is 9.66. The van der Waals surface area contributed by atoms with E-state index in [1.807, 2.05) is 60.7 Å². The quantitative estimate of drug-likeness (QED) is 0.258. The Morgan fingerprint density at radius 1 is 0.973 bits per heavy atom. The molecule has 5 nitrogen and oxygen atoms in total. The van der Waals surface area contributed by atoms with E-state index in [1.165, 1.54) is 5.01 Å². The molecule has 1 amide bonds. The first kappa shape index (κ1) is 23.7. The zero-order valence-electron chi connectivity index (χ0n) is 19.7. The van der Waals surface area contributed by atoms with Crippen molar-refractivity contribution in [2.45, 2.75) is 25.3 Å². The highest BCUT2D eigenvalue weighted by atomic mass is 35.5. The Balaban J connectivity index is 1.46. The largest absolute Gasteiger partial charge is 0.422 e. The van der Waals surface area contributed by atoms with Crippen LogP contribution in [0.25, 0.3) is 17.0 Å². The first-order chi connectivity index (χ1) is 18.0. The summed E-state index contributed by atoms with van der Waals surface area (Å²) in [7, 11) is 0. The molecule has 0 N–H and O–H groups in total. The SMILES string of the molecule is O=C(c1cc2ccccc2oc1=O)N1N=C2/C(=C/c3ccc(Cl)cc3)CCCC2C1c1ccc(Cl)cc1. The molecule has 2 aliphatic rings. The molecule has 6 rings (SSSR count). The summed E-state index contributed by atoms with van der Waals surface area (Å²) in [6.07, 6.45) is 4.80. The maximum Gasteiger partial charge on any atom is 0.349 e. The number of para-hydroxylation sites is 1. The van der Waals surface area contributed by atoms with Crippen molar-refractivity contribution >= 4 is 51.9 Å². The molecule has 2 atom stereocenters. The van der Waals surface area contributed by atoms with Crippen molar-refractivity contribution in [3.63, 3.8) is 0 Å². The van der Waals surface area contributed by atoms with E-state index in [0.717, 1.165) is 41.7 Å². The smallest absolute Gasteiger partial charge is 0.349 e. The van der Waals surface area contributed by atoms with Crippen LogP contribution in [0.3, 0.4) is 0 Å². The number of hydrazone groups is 1. The Kier molecular flexibility index (Phi) is 6.19. The predicted octanol–water partition coefficient (Wildman–Crippen LogP) is 7.54. The lowest BCUT2D eigenvalue weighted by molar-refractivity contribution is 0.0676. The van der Waals surface area contributed by atoms with Gasteiger partial charge in [0.05, 0.1) is 11.8 Å². The lowest BCUT2D eigenvalue weighted by atomic mass is 9.77. The van der Waals surface area contributed by atoms with E-state index in [9.17, 15) is 9.59 Å². The number of benzene rings is 3. The van der Waals surface area contributed by atoms with E-state index in [4.69, 9.17) is 32.7 Å². The van der Waals surface area contributed by atoms with Crippen LogP contribution in [0.5, 0.6) is 0 Å². The van der Waals surface area contributed by atoms with E-state index in [1.54, 1.807) is 18.2 Å². The average Bonchev–Trinajstić information content (AvgIpc) is 3.30. The number of amides is 1. The number of hydrogen-bond acceptors (Lipinski definition) is 4. The molecule has 1 aliphatic heterocycles. The molecule has 7 heteroatoms. The fourth-order valence-electron chi connectivity index (χ4n) is 5.26. The maximum atomic E-state index is 13.9. The molecule has 184 valence electrons. The van der Waals surface area contributed by atoms with Gasteiger partial charge in [0.25, 0.3) is 5.91 Å². The van der Waals surface area contributed by atoms with Gasteiger partial charge in [-0.3, -0.25) is 4.79 Å². The lowest BCUT2D eigenvalue weighted by Gasteiger charge is -2.29. The molecule has 37 heavy (non-hydrogen) atoms. The molecule has 4 aromatic rings. The molecule has 3 aromatic carbocycles. The van der Waals surface area contributed by atoms with Gasteiger partial charge in [0.1, 0.15) is 11.1 Å². The number of hydrogen-bond donors (Lipinski definition) is 0. The van der Waals surface area contributed by atoms with E-state index in [2.05, 4.69) is 6.08 Å². The summed E-state index contributed by atoms with van der Waals surface area (Å²) in [6, 6.07) is 23.5. The van der Waals surface area contributed by atoms with Gasteiger partial charge in [-0.25, -0.2) is 9.80 Å². The van der Waals surface area contributed by atoms with Gasteiger partial charge in [0, 0.05) is 21.3 Å². The molecular weight excluding hydrogens is 507 g/mol. The zero-order chi connectivity index (χ0) is 25.5. The molecule has 0 radical (unpaired) electrons. The fraction of sp³-hybridized carbons (Fsp3) is 0.167. The summed E-state index contributed by atoms with van der Waals surface area (Å²) >= 11 is 12.2. The van der Waals surface area contributed by atoms with Gasteiger partial charge in [-0.05, 0) is 78.4 Å². The number of carbonyl (C=O) groups excluding carboxylic acids is 1. The summed E-state index contributed by atoms with van der Waals surface area (Å²) < 4.78 is 5.47. The number of allylic oxidation sites excluding steroid dienone is 1. The van der Waals surface area contributed by atoms with Crippen LogP contribution in [0.1, 0.15) is 46.8 Å². The summed E-state index contributed by atoms with van der Waals surface area (Å²) in [4.78, 5) is 26.8. The Labute approximate surface area is 223 Å². The van der Waals surface area contributed by atoms with E-state index < -0.39 is 11.5 Å². The monoisotopic (exact) mass is 528 g/mol. The highest BCUT2D eigenvalue weighted by Crippen LogP contribution is 2.45. The normalized spacial score (nSPS) is 20.2. The van der Waals surface area contributed by atoms with Crippen LogP contribution in [0.2, 0.25) is 10.0 Å². The predicted molar refractivity (Wildman–Crippen MR) is 147 cm³/mol. The van der Waals surface area contributed by atoms with Crippen LogP contribution in [0, 0.1) is 5.92 Å². The molecule has 2 unspecified atom stereocenters. The molecule has 0 saturated heterocycles. The van der Waals surface area contributed by atoms with Gasteiger partial charge in [0.2, 0.25) is 0 Å². The van der Waals surface area contributed by atoms with Crippen molar-refractivity contribution in [1.82, 2.24) is 5.01 Å². The van der Waals surface area contributed by atoms with Gasteiger partial charge in [-0.1, -0.05) is 65.7 Å². The number of halogens is 2. The van der Waals surface area contributed by atoms with Crippen LogP contribution < -0.4 is 5.63 Å². The summed E-state index contributed by atoms with van der Waals surface area (Å²) in [6.45, 7) is 0. The average molecular weight is 529 g/mol. The van der Waals surface area contributed by atoms with Crippen LogP contribution in [-0.2, 0) is 0 Å². The van der Waals surface area contributed by atoms with Crippen molar-refractivity contribution in [1.29, 1.82) is 0 Å². The van der Waals surface area contributed by atoms with Crippen molar-refractivity contribution in [3.05, 3.63) is 122 Å². The highest BCUT2D eigenvalue weighted by Gasteiger charge is 2.44. The third-order valence-corrected chi connectivity index (χ3v) is 7.51.